The van der Waals surface area contributed by atoms with Crippen LogP contribution in [0.25, 0.3) is 11.3 Å². The fourth-order valence-electron chi connectivity index (χ4n) is 3.44. The normalized spacial score (nSPS) is 12.7. The first-order valence-corrected chi connectivity index (χ1v) is 9.49. The second kappa shape index (κ2) is 8.15. The largest absolute Gasteiger partial charge is 0.370 e. The van der Waals surface area contributed by atoms with Crippen molar-refractivity contribution in [2.45, 2.75) is 39.7 Å². The Morgan fingerprint density at radius 2 is 1.76 bits per heavy atom. The summed E-state index contributed by atoms with van der Waals surface area (Å²) in [6.07, 6.45) is 1.95. The van der Waals surface area contributed by atoms with Gasteiger partial charge in [-0.05, 0) is 35.2 Å². The highest BCUT2D eigenvalue weighted by Gasteiger charge is 2.32. The lowest BCUT2D eigenvalue weighted by Gasteiger charge is -2.30. The summed E-state index contributed by atoms with van der Waals surface area (Å²) in [5.74, 6) is -0.680. The molecule has 0 saturated heterocycles. The number of hydrogen-bond acceptors (Lipinski definition) is 2. The van der Waals surface area contributed by atoms with E-state index in [9.17, 15) is 13.6 Å². The van der Waals surface area contributed by atoms with Gasteiger partial charge in [0.25, 0.3) is 0 Å². The average Bonchev–Trinajstić information content (AvgIpc) is 3.02. The summed E-state index contributed by atoms with van der Waals surface area (Å²) >= 11 is 0. The van der Waals surface area contributed by atoms with Gasteiger partial charge in [0.1, 0.15) is 17.5 Å². The monoisotopic (exact) mass is 397 g/mol. The zero-order valence-electron chi connectivity index (χ0n) is 16.8. The molecule has 3 aromatic rings. The number of rotatable bonds is 6. The molecule has 0 bridgehead atoms. The Labute approximate surface area is 169 Å². The number of aromatic nitrogens is 2. The van der Waals surface area contributed by atoms with Crippen molar-refractivity contribution in [1.29, 1.82) is 0 Å². The molecule has 0 aliphatic rings. The summed E-state index contributed by atoms with van der Waals surface area (Å²) in [6.45, 7) is 6.43. The van der Waals surface area contributed by atoms with Crippen LogP contribution in [0, 0.1) is 17.0 Å². The van der Waals surface area contributed by atoms with Gasteiger partial charge in [0.2, 0.25) is 5.91 Å². The van der Waals surface area contributed by atoms with E-state index in [-0.39, 0.29) is 29.4 Å². The van der Waals surface area contributed by atoms with Gasteiger partial charge in [-0.15, -0.1) is 0 Å². The number of benzene rings is 2. The van der Waals surface area contributed by atoms with E-state index < -0.39 is 5.91 Å². The highest BCUT2D eigenvalue weighted by Crippen LogP contribution is 2.38. The van der Waals surface area contributed by atoms with Crippen molar-refractivity contribution in [3.63, 3.8) is 0 Å². The predicted octanol–water partition coefficient (Wildman–Crippen LogP) is 4.88. The summed E-state index contributed by atoms with van der Waals surface area (Å²) in [5, 5.41) is 0. The minimum absolute atomic E-state index is 0.131. The first kappa shape index (κ1) is 20.7. The number of nitrogens with two attached hydrogens (primary N) is 1. The lowest BCUT2D eigenvalue weighted by Crippen LogP contribution is -2.27. The van der Waals surface area contributed by atoms with Gasteiger partial charge in [0.15, 0.2) is 0 Å². The Bertz CT molecular complexity index is 1020. The Morgan fingerprint density at radius 3 is 2.34 bits per heavy atom. The number of nitrogens with zero attached hydrogens (tertiary/aromatic N) is 2. The third-order valence-electron chi connectivity index (χ3n) is 4.93. The van der Waals surface area contributed by atoms with E-state index in [0.717, 1.165) is 5.56 Å². The van der Waals surface area contributed by atoms with Crippen molar-refractivity contribution in [2.75, 3.05) is 0 Å². The molecule has 4 nitrogen and oxygen atoms in total. The van der Waals surface area contributed by atoms with Crippen molar-refractivity contribution in [3.8, 4) is 11.3 Å². The van der Waals surface area contributed by atoms with E-state index in [4.69, 9.17) is 10.7 Å². The van der Waals surface area contributed by atoms with Gasteiger partial charge < -0.3 is 10.3 Å². The molecule has 0 radical (unpaired) electrons. The van der Waals surface area contributed by atoms with Crippen LogP contribution in [-0.4, -0.2) is 15.5 Å². The molecule has 1 atom stereocenters. The number of carbonyl (C=O) groups excluding carboxylic acids is 1. The first-order chi connectivity index (χ1) is 13.6. The van der Waals surface area contributed by atoms with Crippen LogP contribution in [-0.2, 0) is 11.3 Å². The molecule has 3 rings (SSSR count). The van der Waals surface area contributed by atoms with Gasteiger partial charge >= 0.3 is 0 Å². The van der Waals surface area contributed by atoms with Gasteiger partial charge in [-0.1, -0.05) is 45.0 Å². The summed E-state index contributed by atoms with van der Waals surface area (Å²) in [4.78, 5) is 16.5. The lowest BCUT2D eigenvalue weighted by molar-refractivity contribution is -0.119. The molecule has 0 spiro atoms. The number of primary amides is 1. The van der Waals surface area contributed by atoms with E-state index in [2.05, 4.69) is 0 Å². The number of hydrogen-bond donors (Lipinski definition) is 1. The van der Waals surface area contributed by atoms with Crippen molar-refractivity contribution in [3.05, 3.63) is 77.8 Å². The average molecular weight is 397 g/mol. The molecule has 1 heterocycles. The Balaban J connectivity index is 2.11. The van der Waals surface area contributed by atoms with Crippen LogP contribution < -0.4 is 5.73 Å². The predicted molar refractivity (Wildman–Crippen MR) is 109 cm³/mol. The van der Waals surface area contributed by atoms with Crippen LogP contribution in [0.4, 0.5) is 8.78 Å². The molecule has 0 saturated carbocycles. The van der Waals surface area contributed by atoms with E-state index in [1.54, 1.807) is 18.2 Å². The van der Waals surface area contributed by atoms with Crippen molar-refractivity contribution >= 4 is 5.91 Å². The summed E-state index contributed by atoms with van der Waals surface area (Å²) < 4.78 is 29.3. The molecule has 0 unspecified atom stereocenters. The van der Waals surface area contributed by atoms with E-state index >= 15 is 0 Å². The molecule has 152 valence electrons. The maximum absolute atomic E-state index is 13.7. The number of imidazole rings is 1. The quantitative estimate of drug-likeness (QED) is 0.644. The van der Waals surface area contributed by atoms with Gasteiger partial charge in [0, 0.05) is 30.6 Å². The van der Waals surface area contributed by atoms with Gasteiger partial charge in [-0.2, -0.15) is 0 Å². The summed E-state index contributed by atoms with van der Waals surface area (Å²) in [7, 11) is 0. The minimum atomic E-state index is -0.419. The molecule has 0 aliphatic heterocycles. The molecule has 2 N–H and O–H groups in total. The van der Waals surface area contributed by atoms with Crippen LogP contribution >= 0.6 is 0 Å². The molecule has 1 aromatic heterocycles. The standard InChI is InChI=1S/C23H25F2N3O/c1-23(2,3)19(12-21(26)29)22-27-20(16-7-5-9-18(25)11-16)14-28(22)13-15-6-4-8-17(24)10-15/h4-11,14,19H,12-13H2,1-3H3,(H2,26,29)/t19-/m0/s1. The molecule has 29 heavy (non-hydrogen) atoms. The Hall–Kier alpha value is -3.02. The fraction of sp³-hybridized carbons (Fsp3) is 0.304. The highest BCUT2D eigenvalue weighted by molar-refractivity contribution is 5.74. The van der Waals surface area contributed by atoms with Crippen LogP contribution in [0.1, 0.15) is 44.5 Å². The first-order valence-electron chi connectivity index (χ1n) is 9.49. The third kappa shape index (κ3) is 5.08. The molecular weight excluding hydrogens is 372 g/mol. The van der Waals surface area contributed by atoms with Crippen LogP contribution in [0.15, 0.2) is 54.7 Å². The van der Waals surface area contributed by atoms with Crippen LogP contribution in [0.5, 0.6) is 0 Å². The second-order valence-electron chi connectivity index (χ2n) is 8.34. The number of carbonyl (C=O) groups is 1. The summed E-state index contributed by atoms with van der Waals surface area (Å²) in [5.41, 5.74) is 7.21. The topological polar surface area (TPSA) is 60.9 Å². The maximum Gasteiger partial charge on any atom is 0.218 e. The number of halogens is 2. The fourth-order valence-corrected chi connectivity index (χ4v) is 3.44. The van der Waals surface area contributed by atoms with Crippen LogP contribution in [0.3, 0.4) is 0 Å². The molecular formula is C23H25F2N3O. The SMILES string of the molecule is CC(C)(C)[C@@H](CC(N)=O)c1nc(-c2cccc(F)c2)cn1Cc1cccc(F)c1. The lowest BCUT2D eigenvalue weighted by atomic mass is 9.78. The second-order valence-corrected chi connectivity index (χ2v) is 8.34. The van der Waals surface area contributed by atoms with E-state index in [1.165, 1.54) is 24.3 Å². The van der Waals surface area contributed by atoms with Gasteiger partial charge in [-0.25, -0.2) is 13.8 Å². The molecule has 0 fully saturated rings. The number of amides is 1. The third-order valence-corrected chi connectivity index (χ3v) is 4.93. The zero-order chi connectivity index (χ0) is 21.2. The maximum atomic E-state index is 13.7. The van der Waals surface area contributed by atoms with Crippen molar-refractivity contribution < 1.29 is 13.6 Å². The van der Waals surface area contributed by atoms with Gasteiger partial charge in [-0.3, -0.25) is 4.79 Å². The van der Waals surface area contributed by atoms with Crippen molar-refractivity contribution in [2.24, 2.45) is 11.1 Å². The molecule has 6 heteroatoms. The van der Waals surface area contributed by atoms with Crippen LogP contribution in [0.2, 0.25) is 0 Å². The molecule has 0 aliphatic carbocycles. The summed E-state index contributed by atoms with van der Waals surface area (Å²) in [6, 6.07) is 12.5. The Kier molecular flexibility index (Phi) is 5.82. The molecule has 2 aromatic carbocycles. The smallest absolute Gasteiger partial charge is 0.218 e. The zero-order valence-corrected chi connectivity index (χ0v) is 16.8. The molecule has 1 amide bonds. The van der Waals surface area contributed by atoms with Crippen molar-refractivity contribution in [1.82, 2.24) is 9.55 Å². The van der Waals surface area contributed by atoms with Gasteiger partial charge in [0.05, 0.1) is 5.69 Å². The highest BCUT2D eigenvalue weighted by atomic mass is 19.1. The van der Waals surface area contributed by atoms with E-state index in [1.807, 2.05) is 37.6 Å². The Morgan fingerprint density at radius 1 is 1.10 bits per heavy atom. The minimum Gasteiger partial charge on any atom is -0.370 e. The van der Waals surface area contributed by atoms with E-state index in [0.29, 0.717) is 23.6 Å².